The molecule has 12 nitrogen and oxygen atoms in total. The van der Waals surface area contributed by atoms with Crippen molar-refractivity contribution in [2.75, 3.05) is 31.9 Å². The van der Waals surface area contributed by atoms with E-state index in [2.05, 4.69) is 9.97 Å². The van der Waals surface area contributed by atoms with E-state index in [-0.39, 0.29) is 60.2 Å². The number of aliphatic hydroxyl groups excluding tert-OH is 1. The van der Waals surface area contributed by atoms with Crippen LogP contribution in [0, 0.1) is 17.8 Å². The summed E-state index contributed by atoms with van der Waals surface area (Å²) < 4.78 is 29.5. The first-order chi connectivity index (χ1) is 24.2. The van der Waals surface area contributed by atoms with Gasteiger partial charge < -0.3 is 31.4 Å². The van der Waals surface area contributed by atoms with Gasteiger partial charge in [-0.15, -0.1) is 0 Å². The fourth-order valence-corrected chi connectivity index (χ4v) is 9.15. The molecule has 2 unspecified atom stereocenters. The van der Waals surface area contributed by atoms with E-state index >= 15 is 0 Å². The third-order valence-corrected chi connectivity index (χ3v) is 12.2. The minimum absolute atomic E-state index is 0.0707. The third kappa shape index (κ3) is 7.71. The highest BCUT2D eigenvalue weighted by atomic mass is 35.5. The molecule has 51 heavy (non-hydrogen) atoms. The maximum absolute atomic E-state index is 14.5. The lowest BCUT2D eigenvalue weighted by Gasteiger charge is -2.50. The predicted octanol–water partition coefficient (Wildman–Crippen LogP) is 4.87. The topological polar surface area (TPSA) is 179 Å². The number of aliphatic hydroxyl groups is 1. The summed E-state index contributed by atoms with van der Waals surface area (Å²) in [7, 11) is -4.19. The number of benzene rings is 3. The van der Waals surface area contributed by atoms with Gasteiger partial charge in [0.05, 0.1) is 39.1 Å². The van der Waals surface area contributed by atoms with Crippen molar-refractivity contribution in [3.05, 3.63) is 89.2 Å². The molecule has 0 saturated carbocycles. The highest BCUT2D eigenvalue weighted by Crippen LogP contribution is 2.42. The van der Waals surface area contributed by atoms with Gasteiger partial charge in [0.1, 0.15) is 5.54 Å². The molecule has 3 amide bonds. The number of rotatable bonds is 16. The van der Waals surface area contributed by atoms with Crippen LogP contribution >= 0.6 is 11.6 Å². The van der Waals surface area contributed by atoms with E-state index in [0.29, 0.717) is 13.0 Å². The van der Waals surface area contributed by atoms with Crippen molar-refractivity contribution >= 4 is 50.3 Å². The SMILES string of the molecule is CCC(C)C(C(N)=O)([C@H](Cc1ccccc1)[C@@H](O)CN(CC(C)C)S(=O)(=O)c1ccc(Cl)c(N)c1)N1CCN(Cc2ccc3nc[nH]c3c2)C1=O. The number of aromatic amines is 1. The summed E-state index contributed by atoms with van der Waals surface area (Å²) in [5.74, 6) is -2.36. The molecule has 1 aliphatic heterocycles. The predicted molar refractivity (Wildman–Crippen MR) is 199 cm³/mol. The van der Waals surface area contributed by atoms with E-state index in [4.69, 9.17) is 23.1 Å². The number of primary amides is 1. The van der Waals surface area contributed by atoms with Crippen LogP contribution in [-0.4, -0.2) is 87.4 Å². The van der Waals surface area contributed by atoms with Crippen molar-refractivity contribution in [1.29, 1.82) is 0 Å². The highest BCUT2D eigenvalue weighted by Gasteiger charge is 2.58. The summed E-state index contributed by atoms with van der Waals surface area (Å²) in [4.78, 5) is 39.1. The number of imidazole rings is 1. The zero-order valence-electron chi connectivity index (χ0n) is 29.5. The van der Waals surface area contributed by atoms with E-state index in [0.717, 1.165) is 22.2 Å². The number of anilines is 1. The average Bonchev–Trinajstić information content (AvgIpc) is 3.71. The molecule has 1 aliphatic rings. The van der Waals surface area contributed by atoms with Gasteiger partial charge in [-0.25, -0.2) is 18.2 Å². The Hall–Kier alpha value is -4.17. The maximum Gasteiger partial charge on any atom is 0.321 e. The number of fused-ring (bicyclic) bond motifs is 1. The smallest absolute Gasteiger partial charge is 0.321 e. The zero-order valence-corrected chi connectivity index (χ0v) is 31.1. The number of carbonyl (C=O) groups excluding carboxylic acids is 2. The van der Waals surface area contributed by atoms with Crippen molar-refractivity contribution in [2.24, 2.45) is 23.5 Å². The summed E-state index contributed by atoms with van der Waals surface area (Å²) in [5, 5.41) is 12.6. The molecule has 4 atom stereocenters. The molecule has 1 saturated heterocycles. The first-order valence-electron chi connectivity index (χ1n) is 17.3. The van der Waals surface area contributed by atoms with Gasteiger partial charge in [-0.2, -0.15) is 4.31 Å². The van der Waals surface area contributed by atoms with Gasteiger partial charge in [-0.3, -0.25) is 4.79 Å². The maximum atomic E-state index is 14.5. The molecular formula is C37H48ClN7O5S. The summed E-state index contributed by atoms with van der Waals surface area (Å²) >= 11 is 6.11. The van der Waals surface area contributed by atoms with Gasteiger partial charge in [0.15, 0.2) is 0 Å². The Labute approximate surface area is 304 Å². The van der Waals surface area contributed by atoms with Crippen LogP contribution in [0.15, 0.2) is 78.0 Å². The second-order valence-electron chi connectivity index (χ2n) is 13.9. The molecule has 14 heteroatoms. The van der Waals surface area contributed by atoms with Gasteiger partial charge >= 0.3 is 6.03 Å². The van der Waals surface area contributed by atoms with E-state index in [1.54, 1.807) is 11.2 Å². The minimum Gasteiger partial charge on any atom is -0.397 e. The Kier molecular flexibility index (Phi) is 11.6. The largest absolute Gasteiger partial charge is 0.397 e. The normalized spacial score (nSPS) is 16.9. The van der Waals surface area contributed by atoms with Crippen molar-refractivity contribution in [3.63, 3.8) is 0 Å². The molecule has 3 aromatic carbocycles. The number of nitrogens with two attached hydrogens (primary N) is 2. The number of H-pyrrole nitrogens is 1. The fraction of sp³-hybridized carbons (Fsp3) is 0.432. The Bertz CT molecular complexity index is 1960. The molecule has 0 spiro atoms. The first-order valence-corrected chi connectivity index (χ1v) is 19.1. The second kappa shape index (κ2) is 15.6. The van der Waals surface area contributed by atoms with Crippen LogP contribution in [0.3, 0.4) is 0 Å². The van der Waals surface area contributed by atoms with Crippen LogP contribution in [0.1, 0.15) is 45.2 Å². The Morgan fingerprint density at radius 1 is 1.06 bits per heavy atom. The van der Waals surface area contributed by atoms with Crippen LogP contribution in [-0.2, 0) is 27.8 Å². The first kappa shape index (κ1) is 38.1. The van der Waals surface area contributed by atoms with E-state index < -0.39 is 39.4 Å². The lowest BCUT2D eigenvalue weighted by molar-refractivity contribution is -0.141. The molecule has 0 bridgehead atoms. The molecule has 2 heterocycles. The average molecular weight is 738 g/mol. The number of hydrogen-bond donors (Lipinski definition) is 4. The number of halogens is 1. The molecule has 0 radical (unpaired) electrons. The molecule has 6 N–H and O–H groups in total. The number of amides is 3. The van der Waals surface area contributed by atoms with Crippen molar-refractivity contribution in [2.45, 2.75) is 63.6 Å². The Balaban J connectivity index is 1.57. The molecule has 4 aromatic rings. The van der Waals surface area contributed by atoms with Crippen molar-refractivity contribution < 1.29 is 23.1 Å². The number of nitrogen functional groups attached to an aromatic ring is 1. The number of carbonyl (C=O) groups is 2. The van der Waals surface area contributed by atoms with Gasteiger partial charge in [-0.05, 0) is 59.7 Å². The van der Waals surface area contributed by atoms with Gasteiger partial charge in [-0.1, -0.05) is 82.1 Å². The van der Waals surface area contributed by atoms with Crippen LogP contribution < -0.4 is 11.5 Å². The molecule has 5 rings (SSSR count). The third-order valence-electron chi connectivity index (χ3n) is 10.1. The fourth-order valence-electron chi connectivity index (χ4n) is 7.37. The van der Waals surface area contributed by atoms with E-state index in [1.165, 1.54) is 27.4 Å². The number of sulfonamides is 1. The molecule has 1 fully saturated rings. The van der Waals surface area contributed by atoms with Gasteiger partial charge in [0, 0.05) is 38.6 Å². The number of aromatic nitrogens is 2. The van der Waals surface area contributed by atoms with Crippen LogP contribution in [0.4, 0.5) is 10.5 Å². The molecule has 274 valence electrons. The standard InChI is InChI=1S/C37H48ClN7O5S/c1-5-25(4)37(35(40)47,45-16-15-43(36(45)48)21-27-11-14-32-33(18-27)42-23-41-32)29(17-26-9-7-6-8-10-26)34(46)22-44(20-24(2)3)51(49,50)28-12-13-30(38)31(39)19-28/h6-14,18-19,23-25,29,34,46H,5,15-17,20-22,39H2,1-4H3,(H2,40,47)(H,41,42)/t25?,29-,34+,37?/m1/s1. The Morgan fingerprint density at radius 3 is 2.43 bits per heavy atom. The summed E-state index contributed by atoms with van der Waals surface area (Å²) in [6.07, 6.45) is 0.800. The lowest BCUT2D eigenvalue weighted by atomic mass is 9.67. The zero-order chi connectivity index (χ0) is 37.1. The van der Waals surface area contributed by atoms with Crippen LogP contribution in [0.25, 0.3) is 11.0 Å². The number of nitrogens with one attached hydrogen (secondary N) is 1. The number of nitrogens with zero attached hydrogens (tertiary/aromatic N) is 4. The Morgan fingerprint density at radius 2 is 1.78 bits per heavy atom. The van der Waals surface area contributed by atoms with Gasteiger partial charge in [0.2, 0.25) is 15.9 Å². The van der Waals surface area contributed by atoms with Crippen molar-refractivity contribution in [1.82, 2.24) is 24.1 Å². The summed E-state index contributed by atoms with van der Waals surface area (Å²) in [5.41, 5.74) is 14.2. The van der Waals surface area contributed by atoms with E-state index in [9.17, 15) is 23.1 Å². The van der Waals surface area contributed by atoms with Crippen LogP contribution in [0.5, 0.6) is 0 Å². The lowest BCUT2D eigenvalue weighted by Crippen LogP contribution is -2.69. The summed E-state index contributed by atoms with van der Waals surface area (Å²) in [6.45, 7) is 8.04. The summed E-state index contributed by atoms with van der Waals surface area (Å²) in [6, 6.07) is 18.8. The van der Waals surface area contributed by atoms with E-state index in [1.807, 2.05) is 76.2 Å². The number of hydrogen-bond acceptors (Lipinski definition) is 7. The van der Waals surface area contributed by atoms with Crippen LogP contribution in [0.2, 0.25) is 5.02 Å². The van der Waals surface area contributed by atoms with Crippen molar-refractivity contribution in [3.8, 4) is 0 Å². The monoisotopic (exact) mass is 737 g/mol. The number of urea groups is 1. The molecule has 0 aliphatic carbocycles. The second-order valence-corrected chi connectivity index (χ2v) is 16.2. The van der Waals surface area contributed by atoms with Gasteiger partial charge in [0.25, 0.3) is 0 Å². The highest BCUT2D eigenvalue weighted by molar-refractivity contribution is 7.89. The molecule has 1 aromatic heterocycles. The molecular weight excluding hydrogens is 690 g/mol. The minimum atomic E-state index is -4.19. The quantitative estimate of drug-likeness (QED) is 0.118.